The summed E-state index contributed by atoms with van der Waals surface area (Å²) in [6.07, 6.45) is 3.76. The number of hydrogen-bond acceptors (Lipinski definition) is 5. The van der Waals surface area contributed by atoms with Crippen LogP contribution in [0.15, 0.2) is 12.7 Å². The third-order valence-electron chi connectivity index (χ3n) is 1.86. The summed E-state index contributed by atoms with van der Waals surface area (Å²) in [5.41, 5.74) is 3.72. The van der Waals surface area contributed by atoms with Gasteiger partial charge in [-0.3, -0.25) is 11.3 Å². The average Bonchev–Trinajstić information content (AvgIpc) is 2.54. The van der Waals surface area contributed by atoms with Gasteiger partial charge in [-0.05, 0) is 31.3 Å². The van der Waals surface area contributed by atoms with Crippen molar-refractivity contribution in [3.05, 3.63) is 23.2 Å². The first-order valence-electron chi connectivity index (χ1n) is 4.15. The van der Waals surface area contributed by atoms with E-state index < -0.39 is 0 Å². The lowest BCUT2D eigenvalue weighted by atomic mass is 10.1. The quantitative estimate of drug-likeness (QED) is 0.425. The number of nitrogens with zero attached hydrogens (tertiary/aromatic N) is 2. The molecule has 0 aliphatic carbocycles. The van der Waals surface area contributed by atoms with E-state index >= 15 is 0 Å². The van der Waals surface area contributed by atoms with Crippen LogP contribution in [0.5, 0.6) is 0 Å². The lowest BCUT2D eigenvalue weighted by molar-refractivity contribution is 0.525. The molecule has 1 atom stereocenters. The Balaban J connectivity index is 2.66. The normalized spacial score (nSPS) is 12.8. The minimum absolute atomic E-state index is 0.151. The average molecular weight is 198 g/mol. The lowest BCUT2D eigenvalue weighted by Crippen LogP contribution is -2.27. The SMILES string of the molecule is C=CCCC(NN)c1snnc1C. The molecule has 0 saturated heterocycles. The Labute approximate surface area is 82.0 Å². The van der Waals surface area contributed by atoms with Gasteiger partial charge in [-0.15, -0.1) is 11.7 Å². The molecule has 0 spiro atoms. The van der Waals surface area contributed by atoms with E-state index in [2.05, 4.69) is 21.6 Å². The molecule has 1 rings (SSSR count). The van der Waals surface area contributed by atoms with E-state index in [1.807, 2.05) is 13.0 Å². The molecule has 3 N–H and O–H groups in total. The van der Waals surface area contributed by atoms with Crippen LogP contribution in [0.4, 0.5) is 0 Å². The summed E-state index contributed by atoms with van der Waals surface area (Å²) in [6.45, 7) is 5.62. The molecule has 1 aromatic rings. The minimum atomic E-state index is 0.151. The van der Waals surface area contributed by atoms with Crippen molar-refractivity contribution in [3.63, 3.8) is 0 Å². The highest BCUT2D eigenvalue weighted by Gasteiger charge is 2.14. The van der Waals surface area contributed by atoms with Crippen molar-refractivity contribution in [2.24, 2.45) is 5.84 Å². The molecule has 72 valence electrons. The van der Waals surface area contributed by atoms with Gasteiger partial charge in [-0.2, -0.15) is 0 Å². The molecule has 1 heterocycles. The number of hydrogen-bond donors (Lipinski definition) is 2. The van der Waals surface area contributed by atoms with Crippen LogP contribution in [0.1, 0.15) is 29.5 Å². The van der Waals surface area contributed by atoms with E-state index in [1.54, 1.807) is 0 Å². The van der Waals surface area contributed by atoms with Gasteiger partial charge < -0.3 is 0 Å². The van der Waals surface area contributed by atoms with Gasteiger partial charge in [-0.25, -0.2) is 0 Å². The van der Waals surface area contributed by atoms with E-state index in [-0.39, 0.29) is 6.04 Å². The van der Waals surface area contributed by atoms with Crippen LogP contribution in [0.25, 0.3) is 0 Å². The van der Waals surface area contributed by atoms with Gasteiger partial charge in [0.25, 0.3) is 0 Å². The molecule has 0 aromatic carbocycles. The highest BCUT2D eigenvalue weighted by Crippen LogP contribution is 2.22. The van der Waals surface area contributed by atoms with E-state index in [0.29, 0.717) is 0 Å². The number of nitrogens with one attached hydrogen (secondary N) is 1. The highest BCUT2D eigenvalue weighted by molar-refractivity contribution is 7.05. The van der Waals surface area contributed by atoms with Crippen LogP contribution in [0.2, 0.25) is 0 Å². The molecular weight excluding hydrogens is 184 g/mol. The summed E-state index contributed by atoms with van der Waals surface area (Å²) in [6, 6.07) is 0.151. The lowest BCUT2D eigenvalue weighted by Gasteiger charge is -2.12. The first-order valence-corrected chi connectivity index (χ1v) is 4.92. The Morgan fingerprint density at radius 2 is 2.54 bits per heavy atom. The van der Waals surface area contributed by atoms with Crippen molar-refractivity contribution in [3.8, 4) is 0 Å². The number of aromatic nitrogens is 2. The zero-order chi connectivity index (χ0) is 9.68. The Hall–Kier alpha value is -0.780. The Bertz CT molecular complexity index is 271. The summed E-state index contributed by atoms with van der Waals surface area (Å²) in [4.78, 5) is 1.12. The van der Waals surface area contributed by atoms with Crippen molar-refractivity contribution in [1.29, 1.82) is 0 Å². The molecule has 5 heteroatoms. The minimum Gasteiger partial charge on any atom is -0.271 e. The second kappa shape index (κ2) is 5.06. The summed E-state index contributed by atoms with van der Waals surface area (Å²) < 4.78 is 3.87. The zero-order valence-electron chi connectivity index (χ0n) is 7.66. The predicted octanol–water partition coefficient (Wildman–Crippen LogP) is 1.32. The number of nitrogens with two attached hydrogens (primary N) is 1. The van der Waals surface area contributed by atoms with Crippen LogP contribution in [-0.2, 0) is 0 Å². The van der Waals surface area contributed by atoms with Gasteiger partial charge in [0.2, 0.25) is 0 Å². The fourth-order valence-electron chi connectivity index (χ4n) is 1.13. The van der Waals surface area contributed by atoms with Crippen molar-refractivity contribution >= 4 is 11.5 Å². The van der Waals surface area contributed by atoms with Crippen LogP contribution < -0.4 is 11.3 Å². The molecule has 0 radical (unpaired) electrons. The second-order valence-corrected chi connectivity index (χ2v) is 3.59. The molecule has 0 fully saturated rings. The Morgan fingerprint density at radius 1 is 1.77 bits per heavy atom. The van der Waals surface area contributed by atoms with Crippen molar-refractivity contribution in [2.45, 2.75) is 25.8 Å². The number of rotatable bonds is 5. The van der Waals surface area contributed by atoms with Crippen LogP contribution >= 0.6 is 11.5 Å². The molecule has 13 heavy (non-hydrogen) atoms. The maximum atomic E-state index is 5.44. The van der Waals surface area contributed by atoms with E-state index in [4.69, 9.17) is 5.84 Å². The smallest absolute Gasteiger partial charge is 0.0773 e. The second-order valence-electron chi connectivity index (χ2n) is 2.81. The zero-order valence-corrected chi connectivity index (χ0v) is 8.47. The molecule has 1 unspecified atom stereocenters. The molecule has 0 saturated carbocycles. The van der Waals surface area contributed by atoms with Crippen molar-refractivity contribution in [1.82, 2.24) is 15.0 Å². The van der Waals surface area contributed by atoms with Crippen molar-refractivity contribution < 1.29 is 0 Å². The highest BCUT2D eigenvalue weighted by atomic mass is 32.1. The maximum Gasteiger partial charge on any atom is 0.0773 e. The van der Waals surface area contributed by atoms with Gasteiger partial charge in [0.1, 0.15) is 0 Å². The molecule has 0 bridgehead atoms. The van der Waals surface area contributed by atoms with Crippen molar-refractivity contribution in [2.75, 3.05) is 0 Å². The summed E-state index contributed by atoms with van der Waals surface area (Å²) in [5, 5.41) is 3.94. The fourth-order valence-corrected chi connectivity index (χ4v) is 1.87. The molecule has 0 amide bonds. The third-order valence-corrected chi connectivity index (χ3v) is 2.80. The van der Waals surface area contributed by atoms with Gasteiger partial charge in [-0.1, -0.05) is 10.6 Å². The van der Waals surface area contributed by atoms with Gasteiger partial charge in [0.05, 0.1) is 16.6 Å². The first-order chi connectivity index (χ1) is 6.29. The Kier molecular flexibility index (Phi) is 4.01. The third kappa shape index (κ3) is 2.58. The van der Waals surface area contributed by atoms with E-state index in [9.17, 15) is 0 Å². The summed E-state index contributed by atoms with van der Waals surface area (Å²) in [5.74, 6) is 5.44. The number of allylic oxidation sites excluding steroid dienone is 1. The van der Waals surface area contributed by atoms with Crippen LogP contribution in [-0.4, -0.2) is 9.59 Å². The molecule has 1 aromatic heterocycles. The fraction of sp³-hybridized carbons (Fsp3) is 0.500. The molecule has 0 aliphatic rings. The molecule has 0 aliphatic heterocycles. The molecular formula is C8H14N4S. The number of hydrazine groups is 1. The Morgan fingerprint density at radius 3 is 3.00 bits per heavy atom. The van der Waals surface area contributed by atoms with E-state index in [0.717, 1.165) is 23.4 Å². The number of aryl methyl sites for hydroxylation is 1. The van der Waals surface area contributed by atoms with Gasteiger partial charge >= 0.3 is 0 Å². The van der Waals surface area contributed by atoms with Gasteiger partial charge in [0.15, 0.2) is 0 Å². The van der Waals surface area contributed by atoms with Crippen LogP contribution in [0.3, 0.4) is 0 Å². The first kappa shape index (κ1) is 10.3. The molecule has 4 nitrogen and oxygen atoms in total. The van der Waals surface area contributed by atoms with E-state index in [1.165, 1.54) is 11.5 Å². The largest absolute Gasteiger partial charge is 0.271 e. The predicted molar refractivity (Wildman–Crippen MR) is 54.1 cm³/mol. The summed E-state index contributed by atoms with van der Waals surface area (Å²) in [7, 11) is 0. The monoisotopic (exact) mass is 198 g/mol. The maximum absolute atomic E-state index is 5.44. The van der Waals surface area contributed by atoms with Crippen LogP contribution in [0, 0.1) is 6.92 Å². The standard InChI is InChI=1S/C8H14N4S/c1-3-4-5-7(10-9)8-6(2)11-12-13-8/h3,7,10H,1,4-5,9H2,2H3. The topological polar surface area (TPSA) is 63.8 Å². The summed E-state index contributed by atoms with van der Waals surface area (Å²) >= 11 is 1.39. The van der Waals surface area contributed by atoms with Gasteiger partial charge in [0, 0.05) is 0 Å².